The number of aliphatic imine (C=N–C) groups is 1. The SMILES string of the molecule is COc1ccccc1C(NS(=O)(=O)C1C=CC2=NC(=O)C=CC2=C1)C(=O)N(Cc1ccco1)Cc1cccs1. The van der Waals surface area contributed by atoms with Crippen LogP contribution in [0.15, 0.2) is 106 Å². The summed E-state index contributed by atoms with van der Waals surface area (Å²) in [7, 11) is -2.67. The molecule has 0 saturated carbocycles. The number of nitrogens with one attached hydrogen (secondary N) is 1. The van der Waals surface area contributed by atoms with E-state index in [4.69, 9.17) is 9.15 Å². The minimum absolute atomic E-state index is 0.142. The Bertz CT molecular complexity index is 1550. The lowest BCUT2D eigenvalue weighted by molar-refractivity contribution is -0.134. The molecule has 2 amide bonds. The first kappa shape index (κ1) is 26.5. The third-order valence-corrected chi connectivity index (χ3v) is 8.66. The number of ether oxygens (including phenoxy) is 1. The van der Waals surface area contributed by atoms with Gasteiger partial charge in [-0.2, -0.15) is 4.72 Å². The second-order valence-corrected chi connectivity index (χ2v) is 11.7. The third kappa shape index (κ3) is 6.00. The smallest absolute Gasteiger partial charge is 0.270 e. The molecule has 2 unspecified atom stereocenters. The van der Waals surface area contributed by atoms with Crippen LogP contribution in [-0.4, -0.2) is 43.2 Å². The van der Waals surface area contributed by atoms with Gasteiger partial charge in [0, 0.05) is 16.5 Å². The highest BCUT2D eigenvalue weighted by molar-refractivity contribution is 7.90. The van der Waals surface area contributed by atoms with Gasteiger partial charge < -0.3 is 14.1 Å². The van der Waals surface area contributed by atoms with Crippen molar-refractivity contribution in [2.24, 2.45) is 4.99 Å². The van der Waals surface area contributed by atoms with Gasteiger partial charge in [-0.25, -0.2) is 13.4 Å². The van der Waals surface area contributed by atoms with E-state index in [9.17, 15) is 18.0 Å². The van der Waals surface area contributed by atoms with Crippen LogP contribution in [0.4, 0.5) is 0 Å². The van der Waals surface area contributed by atoms with E-state index < -0.39 is 33.1 Å². The van der Waals surface area contributed by atoms with Crippen LogP contribution in [0.5, 0.6) is 5.75 Å². The largest absolute Gasteiger partial charge is 0.496 e. The summed E-state index contributed by atoms with van der Waals surface area (Å²) in [4.78, 5) is 32.2. The lowest BCUT2D eigenvalue weighted by atomic mass is 10.0. The summed E-state index contributed by atoms with van der Waals surface area (Å²) in [6.45, 7) is 0.403. The molecule has 1 aliphatic heterocycles. The van der Waals surface area contributed by atoms with Gasteiger partial charge in [0.15, 0.2) is 0 Å². The lowest BCUT2D eigenvalue weighted by Gasteiger charge is -2.29. The normalized spacial score (nSPS) is 17.3. The molecule has 5 rings (SSSR count). The number of carbonyl (C=O) groups excluding carboxylic acids is 2. The van der Waals surface area contributed by atoms with E-state index in [1.165, 1.54) is 55.1 Å². The fourth-order valence-electron chi connectivity index (χ4n) is 4.32. The van der Waals surface area contributed by atoms with E-state index in [1.807, 2.05) is 17.5 Å². The lowest BCUT2D eigenvalue weighted by Crippen LogP contribution is -2.45. The number of nitrogens with zero attached hydrogens (tertiary/aromatic N) is 2. The average molecular weight is 564 g/mol. The van der Waals surface area contributed by atoms with Crippen LogP contribution in [0.3, 0.4) is 0 Å². The number of dihydropyridines is 1. The highest BCUT2D eigenvalue weighted by Crippen LogP contribution is 2.30. The Balaban J connectivity index is 1.50. The van der Waals surface area contributed by atoms with Crippen molar-refractivity contribution in [3.05, 3.63) is 112 Å². The number of methoxy groups -OCH3 is 1. The molecule has 39 heavy (non-hydrogen) atoms. The average Bonchev–Trinajstić information content (AvgIpc) is 3.65. The van der Waals surface area contributed by atoms with Crippen molar-refractivity contribution >= 4 is 38.9 Å². The van der Waals surface area contributed by atoms with Crippen LogP contribution in [0.1, 0.15) is 22.2 Å². The number of para-hydroxylation sites is 1. The highest BCUT2D eigenvalue weighted by Gasteiger charge is 2.36. The maximum Gasteiger partial charge on any atom is 0.270 e. The zero-order chi connectivity index (χ0) is 27.4. The summed E-state index contributed by atoms with van der Waals surface area (Å²) in [5.41, 5.74) is 1.29. The van der Waals surface area contributed by atoms with Gasteiger partial charge in [0.1, 0.15) is 22.8 Å². The second kappa shape index (κ2) is 11.4. The molecule has 1 aromatic carbocycles. The molecular weight excluding hydrogens is 538 g/mol. The predicted molar refractivity (Wildman–Crippen MR) is 148 cm³/mol. The molecule has 0 spiro atoms. The molecule has 2 aliphatic rings. The van der Waals surface area contributed by atoms with Crippen LogP contribution < -0.4 is 9.46 Å². The summed E-state index contributed by atoms with van der Waals surface area (Å²) in [6.07, 6.45) is 8.78. The molecule has 200 valence electrons. The Labute approximate surface area is 229 Å². The van der Waals surface area contributed by atoms with Crippen LogP contribution in [0.25, 0.3) is 0 Å². The third-order valence-electron chi connectivity index (χ3n) is 6.22. The zero-order valence-corrected chi connectivity index (χ0v) is 22.5. The van der Waals surface area contributed by atoms with Crippen molar-refractivity contribution in [1.82, 2.24) is 9.62 Å². The molecule has 2 aromatic heterocycles. The van der Waals surface area contributed by atoms with Gasteiger partial charge in [-0.3, -0.25) is 9.59 Å². The van der Waals surface area contributed by atoms with E-state index >= 15 is 0 Å². The van der Waals surface area contributed by atoms with Crippen LogP contribution in [-0.2, 0) is 32.7 Å². The number of hydrogen-bond acceptors (Lipinski definition) is 7. The molecule has 0 bridgehead atoms. The van der Waals surface area contributed by atoms with Crippen molar-refractivity contribution in [3.8, 4) is 5.75 Å². The predicted octanol–water partition coefficient (Wildman–Crippen LogP) is 3.94. The maximum atomic E-state index is 14.2. The van der Waals surface area contributed by atoms with Gasteiger partial charge in [-0.1, -0.05) is 36.4 Å². The number of hydrogen-bond donors (Lipinski definition) is 1. The van der Waals surface area contributed by atoms with Crippen molar-refractivity contribution in [2.45, 2.75) is 24.4 Å². The summed E-state index contributed by atoms with van der Waals surface area (Å²) >= 11 is 1.50. The monoisotopic (exact) mass is 563 g/mol. The molecular formula is C28H25N3O6S2. The van der Waals surface area contributed by atoms with E-state index in [-0.39, 0.29) is 13.1 Å². The van der Waals surface area contributed by atoms with Gasteiger partial charge in [-0.05, 0) is 47.4 Å². The van der Waals surface area contributed by atoms with E-state index in [1.54, 1.807) is 41.3 Å². The van der Waals surface area contributed by atoms with E-state index in [0.717, 1.165) is 4.88 Å². The Morgan fingerprint density at radius 2 is 1.97 bits per heavy atom. The molecule has 11 heteroatoms. The van der Waals surface area contributed by atoms with E-state index in [0.29, 0.717) is 28.4 Å². The van der Waals surface area contributed by atoms with Crippen LogP contribution in [0.2, 0.25) is 0 Å². The fraction of sp³-hybridized carbons (Fsp3) is 0.179. The summed E-state index contributed by atoms with van der Waals surface area (Å²) in [5.74, 6) is 0.0569. The Hall–Kier alpha value is -4.06. The minimum Gasteiger partial charge on any atom is -0.496 e. The van der Waals surface area contributed by atoms with Crippen LogP contribution in [0, 0.1) is 0 Å². The molecule has 3 heterocycles. The van der Waals surface area contributed by atoms with Crippen molar-refractivity contribution in [3.63, 3.8) is 0 Å². The Morgan fingerprint density at radius 1 is 1.13 bits per heavy atom. The number of allylic oxidation sites excluding steroid dienone is 3. The van der Waals surface area contributed by atoms with Crippen molar-refractivity contribution in [2.75, 3.05) is 7.11 Å². The zero-order valence-electron chi connectivity index (χ0n) is 20.9. The Kier molecular flexibility index (Phi) is 7.73. The van der Waals surface area contributed by atoms with Gasteiger partial charge in [-0.15, -0.1) is 11.3 Å². The summed E-state index contributed by atoms with van der Waals surface area (Å²) in [6, 6.07) is 12.8. The molecule has 0 radical (unpaired) electrons. The number of sulfonamides is 1. The van der Waals surface area contributed by atoms with Gasteiger partial charge >= 0.3 is 0 Å². The quantitative estimate of drug-likeness (QED) is 0.399. The van der Waals surface area contributed by atoms with Crippen LogP contribution >= 0.6 is 11.3 Å². The first-order valence-electron chi connectivity index (χ1n) is 12.0. The number of carbonyl (C=O) groups is 2. The minimum atomic E-state index is -4.13. The molecule has 0 saturated heterocycles. The number of fused-ring (bicyclic) bond motifs is 1. The first-order chi connectivity index (χ1) is 18.8. The van der Waals surface area contributed by atoms with Crippen molar-refractivity contribution in [1.29, 1.82) is 0 Å². The number of furan rings is 1. The first-order valence-corrected chi connectivity index (χ1v) is 14.5. The highest BCUT2D eigenvalue weighted by atomic mass is 32.2. The number of amides is 2. The van der Waals surface area contributed by atoms with E-state index in [2.05, 4.69) is 9.71 Å². The molecule has 2 atom stereocenters. The topological polar surface area (TPSA) is 118 Å². The fourth-order valence-corrected chi connectivity index (χ4v) is 6.37. The number of benzene rings is 1. The van der Waals surface area contributed by atoms with Gasteiger partial charge in [0.2, 0.25) is 15.9 Å². The molecule has 1 aliphatic carbocycles. The summed E-state index contributed by atoms with van der Waals surface area (Å²) < 4.78 is 41.1. The molecule has 9 nitrogen and oxygen atoms in total. The van der Waals surface area contributed by atoms with Crippen molar-refractivity contribution < 1.29 is 27.2 Å². The molecule has 0 fully saturated rings. The van der Waals surface area contributed by atoms with Gasteiger partial charge in [0.05, 0.1) is 32.2 Å². The summed E-state index contributed by atoms with van der Waals surface area (Å²) in [5, 5.41) is 0.823. The molecule has 1 N–H and O–H groups in total. The Morgan fingerprint density at radius 3 is 2.72 bits per heavy atom. The second-order valence-electron chi connectivity index (χ2n) is 8.81. The standard InChI is InChI=1S/C28H25N3O6S2/c1-36-25-9-3-2-8-23(25)27(28(33)31(17-20-6-4-14-37-20)18-21-7-5-15-38-21)30-39(34,35)22-11-12-24-19(16-22)10-13-26(32)29-24/h2-16,22,27,30H,17-18H2,1H3. The maximum absolute atomic E-state index is 14.2. The number of thiophene rings is 1. The van der Waals surface area contributed by atoms with Gasteiger partial charge in [0.25, 0.3) is 5.91 Å². The number of rotatable bonds is 10. The molecule has 3 aromatic rings.